The van der Waals surface area contributed by atoms with Crippen LogP contribution in [0.3, 0.4) is 0 Å². The second kappa shape index (κ2) is 10.9. The fourth-order valence-corrected chi connectivity index (χ4v) is 4.43. The average molecular weight is 473 g/mol. The Morgan fingerprint density at radius 1 is 0.914 bits per heavy atom. The van der Waals surface area contributed by atoms with Gasteiger partial charge in [0.2, 0.25) is 5.91 Å². The highest BCUT2D eigenvalue weighted by Crippen LogP contribution is 2.44. The molecule has 0 saturated heterocycles. The van der Waals surface area contributed by atoms with Crippen LogP contribution in [0.2, 0.25) is 0 Å². The number of carbonyl (C=O) groups excluding carboxylic acids is 2. The maximum absolute atomic E-state index is 12.5. The van der Waals surface area contributed by atoms with Crippen LogP contribution in [0.25, 0.3) is 11.1 Å². The number of nitrogens with one attached hydrogen (secondary N) is 2. The highest BCUT2D eigenvalue weighted by atomic mass is 16.5. The molecule has 1 atom stereocenters. The van der Waals surface area contributed by atoms with Crippen molar-refractivity contribution in [2.75, 3.05) is 11.9 Å². The van der Waals surface area contributed by atoms with Gasteiger partial charge in [-0.05, 0) is 46.4 Å². The summed E-state index contributed by atoms with van der Waals surface area (Å²) in [6, 6.07) is 22.8. The lowest BCUT2D eigenvalue weighted by atomic mass is 9.98. The van der Waals surface area contributed by atoms with Crippen LogP contribution in [0.15, 0.2) is 72.8 Å². The third kappa shape index (κ3) is 5.87. The average Bonchev–Trinajstić information content (AvgIpc) is 3.17. The molecule has 0 aliphatic heterocycles. The molecule has 4 rings (SSSR count). The number of carboxylic acid groups (broad SMARTS) is 1. The predicted octanol–water partition coefficient (Wildman–Crippen LogP) is 4.96. The van der Waals surface area contributed by atoms with E-state index >= 15 is 0 Å². The summed E-state index contributed by atoms with van der Waals surface area (Å²) in [6.07, 6.45) is 0.0185. The number of hydrogen-bond acceptors (Lipinski definition) is 4. The minimum absolute atomic E-state index is 0.0119. The predicted molar refractivity (Wildman–Crippen MR) is 133 cm³/mol. The minimum atomic E-state index is -0.944. The van der Waals surface area contributed by atoms with E-state index in [-0.39, 0.29) is 31.3 Å². The summed E-state index contributed by atoms with van der Waals surface area (Å²) >= 11 is 0. The number of rotatable bonds is 9. The van der Waals surface area contributed by atoms with E-state index in [0.717, 1.165) is 16.7 Å². The van der Waals surface area contributed by atoms with Crippen LogP contribution in [-0.2, 0) is 20.7 Å². The van der Waals surface area contributed by atoms with Gasteiger partial charge in [0.25, 0.3) is 0 Å². The number of hydrogen-bond donors (Lipinski definition) is 3. The lowest BCUT2D eigenvalue weighted by molar-refractivity contribution is -0.137. The summed E-state index contributed by atoms with van der Waals surface area (Å²) in [7, 11) is 0. The molecule has 2 amide bonds. The maximum Gasteiger partial charge on any atom is 0.411 e. The van der Waals surface area contributed by atoms with Crippen molar-refractivity contribution in [3.8, 4) is 11.1 Å². The summed E-state index contributed by atoms with van der Waals surface area (Å²) in [6.45, 7) is 2.06. The monoisotopic (exact) mass is 472 g/mol. The third-order valence-electron chi connectivity index (χ3n) is 6.19. The van der Waals surface area contributed by atoms with Crippen molar-refractivity contribution in [2.24, 2.45) is 0 Å². The number of benzene rings is 3. The zero-order valence-corrected chi connectivity index (χ0v) is 19.5. The van der Waals surface area contributed by atoms with Crippen LogP contribution in [0.1, 0.15) is 42.4 Å². The van der Waals surface area contributed by atoms with E-state index in [1.54, 1.807) is 24.3 Å². The number of amides is 2. The Morgan fingerprint density at radius 3 is 2.09 bits per heavy atom. The standard InChI is InChI=1S/C28H28N2O5/c1-2-19(16-27(32)33)29-26(31)15-18-11-13-20(14-12-18)30-28(34)35-17-25-23-9-5-3-7-21(23)22-8-4-6-10-24(22)25/h3-14,19,25H,2,15-17H2,1H3,(H,29,31)(H,30,34)(H,32,33)/t19-/m1/s1. The van der Waals surface area contributed by atoms with Crippen LogP contribution in [0.5, 0.6) is 0 Å². The van der Waals surface area contributed by atoms with E-state index in [2.05, 4.69) is 34.9 Å². The van der Waals surface area contributed by atoms with Crippen molar-refractivity contribution >= 4 is 23.7 Å². The Bertz CT molecular complexity index is 1180. The molecule has 3 N–H and O–H groups in total. The summed E-state index contributed by atoms with van der Waals surface area (Å²) in [5, 5.41) is 14.4. The SMILES string of the molecule is CC[C@H](CC(=O)O)NC(=O)Cc1ccc(NC(=O)OCC2c3ccccc3-c3ccccc32)cc1. The first kappa shape index (κ1) is 24.0. The molecular weight excluding hydrogens is 444 g/mol. The highest BCUT2D eigenvalue weighted by Gasteiger charge is 2.29. The zero-order chi connectivity index (χ0) is 24.8. The smallest absolute Gasteiger partial charge is 0.411 e. The van der Waals surface area contributed by atoms with Crippen molar-refractivity contribution in [3.05, 3.63) is 89.5 Å². The normalized spacial score (nSPS) is 12.8. The fourth-order valence-electron chi connectivity index (χ4n) is 4.43. The van der Waals surface area contributed by atoms with Crippen molar-refractivity contribution < 1.29 is 24.2 Å². The number of carboxylic acids is 1. The van der Waals surface area contributed by atoms with Crippen molar-refractivity contribution in [1.29, 1.82) is 0 Å². The number of fused-ring (bicyclic) bond motifs is 3. The van der Waals surface area contributed by atoms with Gasteiger partial charge >= 0.3 is 12.1 Å². The molecule has 0 heterocycles. The van der Waals surface area contributed by atoms with Gasteiger partial charge in [0.1, 0.15) is 6.61 Å². The van der Waals surface area contributed by atoms with Crippen LogP contribution in [0, 0.1) is 0 Å². The molecule has 7 nitrogen and oxygen atoms in total. The van der Waals surface area contributed by atoms with Gasteiger partial charge in [-0.3, -0.25) is 14.9 Å². The number of ether oxygens (including phenoxy) is 1. The van der Waals surface area contributed by atoms with Gasteiger partial charge in [0.05, 0.1) is 12.8 Å². The molecular formula is C28H28N2O5. The van der Waals surface area contributed by atoms with E-state index < -0.39 is 18.1 Å². The molecule has 0 radical (unpaired) electrons. The van der Waals surface area contributed by atoms with E-state index in [1.165, 1.54) is 11.1 Å². The van der Waals surface area contributed by atoms with Crippen LogP contribution in [0.4, 0.5) is 10.5 Å². The first-order chi connectivity index (χ1) is 16.9. The number of aliphatic carboxylic acids is 1. The third-order valence-corrected chi connectivity index (χ3v) is 6.19. The van der Waals surface area contributed by atoms with E-state index in [1.807, 2.05) is 31.2 Å². The molecule has 1 aliphatic carbocycles. The maximum atomic E-state index is 12.5. The number of carbonyl (C=O) groups is 3. The van der Waals surface area contributed by atoms with Crippen LogP contribution in [-0.4, -0.2) is 35.7 Å². The largest absolute Gasteiger partial charge is 0.481 e. The molecule has 0 fully saturated rings. The zero-order valence-electron chi connectivity index (χ0n) is 19.5. The minimum Gasteiger partial charge on any atom is -0.481 e. The van der Waals surface area contributed by atoms with Gasteiger partial charge in [-0.25, -0.2) is 4.79 Å². The lowest BCUT2D eigenvalue weighted by Crippen LogP contribution is -2.36. The molecule has 180 valence electrons. The molecule has 7 heteroatoms. The Kier molecular flexibility index (Phi) is 7.45. The van der Waals surface area contributed by atoms with Crippen molar-refractivity contribution in [3.63, 3.8) is 0 Å². The molecule has 35 heavy (non-hydrogen) atoms. The molecule has 1 aliphatic rings. The Balaban J connectivity index is 1.30. The first-order valence-corrected chi connectivity index (χ1v) is 11.7. The first-order valence-electron chi connectivity index (χ1n) is 11.7. The molecule has 0 aromatic heterocycles. The van der Waals surface area contributed by atoms with Gasteiger partial charge in [-0.15, -0.1) is 0 Å². The lowest BCUT2D eigenvalue weighted by Gasteiger charge is -2.15. The number of anilines is 1. The molecule has 3 aromatic carbocycles. The summed E-state index contributed by atoms with van der Waals surface area (Å²) in [4.78, 5) is 35.5. The second-order valence-corrected chi connectivity index (χ2v) is 8.59. The van der Waals surface area contributed by atoms with Gasteiger partial charge in [0.15, 0.2) is 0 Å². The van der Waals surface area contributed by atoms with Crippen LogP contribution >= 0.6 is 0 Å². The Labute approximate surface area is 204 Å². The van der Waals surface area contributed by atoms with Crippen molar-refractivity contribution in [1.82, 2.24) is 5.32 Å². The summed E-state index contributed by atoms with van der Waals surface area (Å²) in [5.74, 6) is -1.20. The van der Waals surface area contributed by atoms with Gasteiger partial charge in [-0.2, -0.15) is 0 Å². The van der Waals surface area contributed by atoms with Gasteiger partial charge in [-0.1, -0.05) is 67.6 Å². The molecule has 0 unspecified atom stereocenters. The van der Waals surface area contributed by atoms with Gasteiger partial charge in [0, 0.05) is 17.6 Å². The molecule has 3 aromatic rings. The Morgan fingerprint density at radius 2 is 1.51 bits per heavy atom. The van der Waals surface area contributed by atoms with E-state index in [4.69, 9.17) is 9.84 Å². The van der Waals surface area contributed by atoms with E-state index in [0.29, 0.717) is 12.1 Å². The Hall–Kier alpha value is -4.13. The second-order valence-electron chi connectivity index (χ2n) is 8.59. The quantitative estimate of drug-likeness (QED) is 0.408. The summed E-state index contributed by atoms with van der Waals surface area (Å²) < 4.78 is 5.56. The van der Waals surface area contributed by atoms with Gasteiger partial charge < -0.3 is 15.2 Å². The van der Waals surface area contributed by atoms with Crippen molar-refractivity contribution in [2.45, 2.75) is 38.1 Å². The highest BCUT2D eigenvalue weighted by molar-refractivity contribution is 5.85. The molecule has 0 bridgehead atoms. The summed E-state index contributed by atoms with van der Waals surface area (Å²) in [5.41, 5.74) is 5.96. The molecule has 0 saturated carbocycles. The molecule has 0 spiro atoms. The van der Waals surface area contributed by atoms with E-state index in [9.17, 15) is 14.4 Å². The fraction of sp³-hybridized carbons (Fsp3) is 0.250. The van der Waals surface area contributed by atoms with Crippen LogP contribution < -0.4 is 10.6 Å². The topological polar surface area (TPSA) is 105 Å².